The number of carbonyl (C=O) groups excluding carboxylic acids is 1. The van der Waals surface area contributed by atoms with Crippen molar-refractivity contribution in [2.75, 3.05) is 18.1 Å². The summed E-state index contributed by atoms with van der Waals surface area (Å²) >= 11 is 5.73. The van der Waals surface area contributed by atoms with E-state index in [1.54, 1.807) is 0 Å². The van der Waals surface area contributed by atoms with Crippen molar-refractivity contribution >= 4 is 34.3 Å². The van der Waals surface area contributed by atoms with E-state index in [-0.39, 0.29) is 45.1 Å². The fourth-order valence-electron chi connectivity index (χ4n) is 2.80. The number of aryl methyl sites for hydroxylation is 1. The number of hydrogen-bond acceptors (Lipinski definition) is 8. The zero-order valence-corrected chi connectivity index (χ0v) is 19.3. The molecule has 1 aliphatic rings. The molecule has 0 aliphatic carbocycles. The lowest BCUT2D eigenvalue weighted by Gasteiger charge is -2.32. The van der Waals surface area contributed by atoms with Gasteiger partial charge >= 0.3 is 6.18 Å². The molecule has 3 aromatic rings. The van der Waals surface area contributed by atoms with Gasteiger partial charge in [-0.05, 0) is 13.8 Å². The third-order valence-corrected chi connectivity index (χ3v) is 6.41. The minimum absolute atomic E-state index is 0.0183. The number of aldehydes is 1. The van der Waals surface area contributed by atoms with Gasteiger partial charge in [0.1, 0.15) is 0 Å². The van der Waals surface area contributed by atoms with E-state index in [2.05, 4.69) is 19.8 Å². The topological polar surface area (TPSA) is 122 Å². The van der Waals surface area contributed by atoms with Crippen molar-refractivity contribution in [1.29, 1.82) is 0 Å². The first-order valence-corrected chi connectivity index (χ1v) is 11.3. The summed E-state index contributed by atoms with van der Waals surface area (Å²) in [4.78, 5) is 18.3. The Morgan fingerprint density at radius 2 is 2.00 bits per heavy atom. The summed E-state index contributed by atoms with van der Waals surface area (Å²) in [6, 6.07) is 2.03. The normalized spacial score (nSPS) is 19.7. The predicted molar refractivity (Wildman–Crippen MR) is 114 cm³/mol. The summed E-state index contributed by atoms with van der Waals surface area (Å²) in [6.45, 7) is 1.81. The van der Waals surface area contributed by atoms with E-state index in [4.69, 9.17) is 22.1 Å². The van der Waals surface area contributed by atoms with Crippen LogP contribution in [-0.2, 0) is 10.8 Å². The smallest absolute Gasteiger partial charge is 0.422 e. The Bertz CT molecular complexity index is 1240. The van der Waals surface area contributed by atoms with Crippen LogP contribution in [-0.4, -0.2) is 59.9 Å². The molecule has 184 valence electrons. The second kappa shape index (κ2) is 9.80. The first-order valence-electron chi connectivity index (χ1n) is 9.46. The lowest BCUT2D eigenvalue weighted by atomic mass is 10.1. The maximum Gasteiger partial charge on any atom is 0.422 e. The fourth-order valence-corrected chi connectivity index (χ4v) is 4.34. The molecule has 15 heteroatoms. The minimum Gasteiger partial charge on any atom is -0.478 e. The van der Waals surface area contributed by atoms with E-state index in [0.29, 0.717) is 17.8 Å². The summed E-state index contributed by atoms with van der Waals surface area (Å²) in [5, 5.41) is 3.81. The SMILES string of the molecule is CC1(N)CS(=O)C1.Cc1c(Oc2ncc(Cl)cc2OCC(F)(F)F)cc(F)c2nc(C=O)nn12. The van der Waals surface area contributed by atoms with Crippen molar-refractivity contribution in [3.63, 3.8) is 0 Å². The molecule has 0 unspecified atom stereocenters. The molecule has 0 spiro atoms. The van der Waals surface area contributed by atoms with Crippen LogP contribution < -0.4 is 15.2 Å². The molecule has 0 atom stereocenters. The highest BCUT2D eigenvalue weighted by atomic mass is 35.5. The van der Waals surface area contributed by atoms with Crippen LogP contribution in [0.1, 0.15) is 23.2 Å². The first kappa shape index (κ1) is 25.8. The average Bonchev–Trinajstić information content (AvgIpc) is 3.16. The van der Waals surface area contributed by atoms with Gasteiger partial charge in [-0.3, -0.25) is 9.00 Å². The molecule has 34 heavy (non-hydrogen) atoms. The Balaban J connectivity index is 0.000000396. The Morgan fingerprint density at radius 3 is 2.53 bits per heavy atom. The van der Waals surface area contributed by atoms with Crippen LogP contribution in [0.2, 0.25) is 5.02 Å². The maximum absolute atomic E-state index is 14.2. The van der Waals surface area contributed by atoms with E-state index in [0.717, 1.165) is 22.8 Å². The summed E-state index contributed by atoms with van der Waals surface area (Å²) < 4.78 is 72.9. The number of nitrogens with two attached hydrogens (primary N) is 1. The number of ether oxygens (including phenoxy) is 2. The zero-order valence-electron chi connectivity index (χ0n) is 17.7. The van der Waals surface area contributed by atoms with Crippen LogP contribution in [0, 0.1) is 12.7 Å². The van der Waals surface area contributed by atoms with Gasteiger partial charge in [0.15, 0.2) is 35.9 Å². The van der Waals surface area contributed by atoms with Gasteiger partial charge in [-0.25, -0.2) is 18.9 Å². The highest BCUT2D eigenvalue weighted by Crippen LogP contribution is 2.34. The molecule has 1 saturated heterocycles. The molecule has 2 N–H and O–H groups in total. The van der Waals surface area contributed by atoms with E-state index in [1.807, 2.05) is 6.92 Å². The third kappa shape index (κ3) is 6.39. The van der Waals surface area contributed by atoms with Gasteiger partial charge in [0.05, 0.1) is 10.7 Å². The molecule has 0 aromatic carbocycles. The largest absolute Gasteiger partial charge is 0.478 e. The summed E-state index contributed by atoms with van der Waals surface area (Å²) in [6.07, 6.45) is -3.12. The van der Waals surface area contributed by atoms with Gasteiger partial charge in [0.25, 0.3) is 5.88 Å². The summed E-state index contributed by atoms with van der Waals surface area (Å²) in [7, 11) is -0.586. The van der Waals surface area contributed by atoms with Gasteiger partial charge in [-0.15, -0.1) is 5.10 Å². The maximum atomic E-state index is 14.2. The number of halogens is 5. The number of fused-ring (bicyclic) bond motifs is 1. The summed E-state index contributed by atoms with van der Waals surface area (Å²) in [5.41, 5.74) is 5.43. The number of pyridine rings is 2. The highest BCUT2D eigenvalue weighted by molar-refractivity contribution is 7.86. The lowest BCUT2D eigenvalue weighted by molar-refractivity contribution is -0.153. The van der Waals surface area contributed by atoms with Crippen molar-refractivity contribution in [3.05, 3.63) is 40.7 Å². The van der Waals surface area contributed by atoms with E-state index < -0.39 is 29.4 Å². The number of alkyl halides is 3. The molecule has 1 fully saturated rings. The molecule has 0 bridgehead atoms. The van der Waals surface area contributed by atoms with Gasteiger partial charge in [-0.1, -0.05) is 11.6 Å². The molecule has 4 rings (SSSR count). The molecule has 0 radical (unpaired) electrons. The molecule has 4 heterocycles. The fraction of sp³-hybridized carbons (Fsp3) is 0.368. The average molecular weight is 524 g/mol. The third-order valence-electron chi connectivity index (χ3n) is 4.24. The van der Waals surface area contributed by atoms with Crippen molar-refractivity contribution in [1.82, 2.24) is 19.6 Å². The number of aromatic nitrogens is 4. The van der Waals surface area contributed by atoms with Gasteiger partial charge in [-0.2, -0.15) is 13.2 Å². The second-order valence-electron chi connectivity index (χ2n) is 7.61. The van der Waals surface area contributed by atoms with E-state index in [9.17, 15) is 26.6 Å². The van der Waals surface area contributed by atoms with Crippen LogP contribution in [0.25, 0.3) is 5.65 Å². The van der Waals surface area contributed by atoms with Crippen LogP contribution in [0.4, 0.5) is 17.6 Å². The number of rotatable bonds is 5. The van der Waals surface area contributed by atoms with E-state index >= 15 is 0 Å². The Morgan fingerprint density at radius 1 is 1.32 bits per heavy atom. The molecule has 9 nitrogen and oxygen atoms in total. The first-order chi connectivity index (χ1) is 15.8. The van der Waals surface area contributed by atoms with Crippen LogP contribution in [0.5, 0.6) is 17.4 Å². The van der Waals surface area contributed by atoms with Gasteiger partial charge in [0.2, 0.25) is 5.82 Å². The van der Waals surface area contributed by atoms with Crippen molar-refractivity contribution < 1.29 is 36.0 Å². The number of hydrogen-bond donors (Lipinski definition) is 1. The van der Waals surface area contributed by atoms with E-state index in [1.165, 1.54) is 6.92 Å². The predicted octanol–water partition coefficient (Wildman–Crippen LogP) is 3.24. The molecular weight excluding hydrogens is 506 g/mol. The molecule has 1 aliphatic heterocycles. The molecular formula is C19H18ClF4N5O4S. The molecule has 3 aromatic heterocycles. The summed E-state index contributed by atoms with van der Waals surface area (Å²) in [5.74, 6) is -0.585. The van der Waals surface area contributed by atoms with Crippen LogP contribution in [0.15, 0.2) is 18.3 Å². The minimum atomic E-state index is -4.59. The zero-order chi connectivity index (χ0) is 25.3. The Kier molecular flexibility index (Phi) is 7.43. The standard InChI is InChI=1S/C15H9ClF4N4O3.C4H9NOS/c1-7-10(3-9(17)13-22-12(5-25)23-24(7)13)27-14-11(2-8(16)4-21-14)26-6-15(18,19)20;1-4(5)2-7(6)3-4/h2-5H,6H2,1H3;2-3,5H2,1H3. The van der Waals surface area contributed by atoms with Crippen molar-refractivity contribution in [2.24, 2.45) is 5.73 Å². The highest BCUT2D eigenvalue weighted by Gasteiger charge is 2.33. The van der Waals surface area contributed by atoms with Crippen molar-refractivity contribution in [3.8, 4) is 17.4 Å². The molecule has 0 saturated carbocycles. The Labute approximate surface area is 197 Å². The Hall–Kier alpha value is -2.84. The van der Waals surface area contributed by atoms with Crippen LogP contribution in [0.3, 0.4) is 0 Å². The monoisotopic (exact) mass is 523 g/mol. The molecule has 0 amide bonds. The lowest BCUT2D eigenvalue weighted by Crippen LogP contribution is -2.56. The van der Waals surface area contributed by atoms with Crippen molar-refractivity contribution in [2.45, 2.75) is 25.6 Å². The number of nitrogens with zero attached hydrogens (tertiary/aromatic N) is 4. The van der Waals surface area contributed by atoms with Gasteiger partial charge in [0, 0.05) is 46.2 Å². The quantitative estimate of drug-likeness (QED) is 0.399. The van der Waals surface area contributed by atoms with Crippen LogP contribution >= 0.6 is 11.6 Å². The van der Waals surface area contributed by atoms with Gasteiger partial charge < -0.3 is 15.2 Å². The second-order valence-corrected chi connectivity index (χ2v) is 9.50. The number of carbonyl (C=O) groups is 1.